The maximum atomic E-state index is 6.04. The molecule has 1 spiro atoms. The molecule has 2 aliphatic rings. The monoisotopic (exact) mass is 292 g/mol. The molecule has 0 amide bonds. The standard InChI is InChI=1S/C17H24O4/c1-18-16-11-15(19-12-14-7-3-2-4-8-14)13-21-17(16)9-5-6-10-20-17/h2-4,7-8,15-16H,5-6,9-13H2,1H3/t15-,16+,17+/m0/s1. The summed E-state index contributed by atoms with van der Waals surface area (Å²) in [7, 11) is 1.73. The molecule has 2 saturated heterocycles. The van der Waals surface area contributed by atoms with Crippen LogP contribution in [-0.2, 0) is 25.6 Å². The van der Waals surface area contributed by atoms with E-state index in [4.69, 9.17) is 18.9 Å². The number of rotatable bonds is 4. The highest BCUT2D eigenvalue weighted by atomic mass is 16.7. The second-order valence-corrected chi connectivity index (χ2v) is 5.81. The number of ether oxygens (including phenoxy) is 4. The summed E-state index contributed by atoms with van der Waals surface area (Å²) in [4.78, 5) is 0. The van der Waals surface area contributed by atoms with Crippen LogP contribution in [0.2, 0.25) is 0 Å². The highest BCUT2D eigenvalue weighted by molar-refractivity contribution is 5.13. The fourth-order valence-electron chi connectivity index (χ4n) is 3.15. The van der Waals surface area contributed by atoms with E-state index in [1.165, 1.54) is 5.56 Å². The Bertz CT molecular complexity index is 428. The molecule has 0 aliphatic carbocycles. The van der Waals surface area contributed by atoms with E-state index < -0.39 is 5.79 Å². The van der Waals surface area contributed by atoms with Gasteiger partial charge in [0.1, 0.15) is 6.10 Å². The molecule has 21 heavy (non-hydrogen) atoms. The molecule has 1 aromatic rings. The van der Waals surface area contributed by atoms with Crippen LogP contribution >= 0.6 is 0 Å². The quantitative estimate of drug-likeness (QED) is 0.855. The van der Waals surface area contributed by atoms with Crippen LogP contribution in [-0.4, -0.2) is 38.3 Å². The van der Waals surface area contributed by atoms with Crippen molar-refractivity contribution in [2.24, 2.45) is 0 Å². The van der Waals surface area contributed by atoms with Crippen molar-refractivity contribution in [3.8, 4) is 0 Å². The Hall–Kier alpha value is -0.940. The molecule has 1 aromatic carbocycles. The highest BCUT2D eigenvalue weighted by Gasteiger charge is 2.47. The van der Waals surface area contributed by atoms with Crippen LogP contribution < -0.4 is 0 Å². The second-order valence-electron chi connectivity index (χ2n) is 5.81. The normalized spacial score (nSPS) is 33.2. The van der Waals surface area contributed by atoms with E-state index in [1.54, 1.807) is 7.11 Å². The van der Waals surface area contributed by atoms with Crippen molar-refractivity contribution in [3.63, 3.8) is 0 Å². The Morgan fingerprint density at radius 1 is 1.19 bits per heavy atom. The van der Waals surface area contributed by atoms with E-state index in [0.29, 0.717) is 13.2 Å². The maximum Gasteiger partial charge on any atom is 0.194 e. The molecular formula is C17H24O4. The first-order valence-electron chi connectivity index (χ1n) is 7.79. The summed E-state index contributed by atoms with van der Waals surface area (Å²) in [6, 6.07) is 10.2. The SMILES string of the molecule is CO[C@@H]1C[C@H](OCc2ccccc2)CO[C@]12CCCCO2. The molecule has 3 atom stereocenters. The molecule has 0 radical (unpaired) electrons. The Morgan fingerprint density at radius 3 is 2.76 bits per heavy atom. The average molecular weight is 292 g/mol. The van der Waals surface area contributed by atoms with Crippen molar-refractivity contribution in [1.29, 1.82) is 0 Å². The maximum absolute atomic E-state index is 6.04. The zero-order valence-electron chi connectivity index (χ0n) is 12.6. The molecular weight excluding hydrogens is 268 g/mol. The van der Waals surface area contributed by atoms with Gasteiger partial charge in [0.05, 0.1) is 25.9 Å². The van der Waals surface area contributed by atoms with Crippen LogP contribution in [0.1, 0.15) is 31.2 Å². The van der Waals surface area contributed by atoms with Gasteiger partial charge in [0.2, 0.25) is 0 Å². The van der Waals surface area contributed by atoms with E-state index >= 15 is 0 Å². The van der Waals surface area contributed by atoms with Gasteiger partial charge in [-0.25, -0.2) is 0 Å². The average Bonchev–Trinajstić information content (AvgIpc) is 2.56. The van der Waals surface area contributed by atoms with Crippen LogP contribution in [0.3, 0.4) is 0 Å². The van der Waals surface area contributed by atoms with Gasteiger partial charge in [-0.15, -0.1) is 0 Å². The van der Waals surface area contributed by atoms with Gasteiger partial charge in [-0.1, -0.05) is 30.3 Å². The molecule has 116 valence electrons. The van der Waals surface area contributed by atoms with Crippen molar-refractivity contribution >= 4 is 0 Å². The number of methoxy groups -OCH3 is 1. The van der Waals surface area contributed by atoms with Crippen molar-refractivity contribution in [2.45, 2.75) is 50.3 Å². The van der Waals surface area contributed by atoms with Crippen LogP contribution in [0.5, 0.6) is 0 Å². The number of hydrogen-bond donors (Lipinski definition) is 0. The first-order valence-corrected chi connectivity index (χ1v) is 7.79. The number of hydrogen-bond acceptors (Lipinski definition) is 4. The number of benzene rings is 1. The van der Waals surface area contributed by atoms with E-state index in [2.05, 4.69) is 12.1 Å². The van der Waals surface area contributed by atoms with E-state index in [1.807, 2.05) is 18.2 Å². The molecule has 2 fully saturated rings. The van der Waals surface area contributed by atoms with Crippen LogP contribution in [0.15, 0.2) is 30.3 Å². The summed E-state index contributed by atoms with van der Waals surface area (Å²) in [6.45, 7) is 1.95. The van der Waals surface area contributed by atoms with Crippen LogP contribution in [0.25, 0.3) is 0 Å². The molecule has 2 heterocycles. The van der Waals surface area contributed by atoms with Crippen LogP contribution in [0, 0.1) is 0 Å². The zero-order valence-corrected chi connectivity index (χ0v) is 12.6. The largest absolute Gasteiger partial charge is 0.376 e. The third-order valence-corrected chi connectivity index (χ3v) is 4.36. The van der Waals surface area contributed by atoms with Crippen LogP contribution in [0.4, 0.5) is 0 Å². The van der Waals surface area contributed by atoms with Crippen molar-refractivity contribution in [2.75, 3.05) is 20.3 Å². The summed E-state index contributed by atoms with van der Waals surface area (Å²) in [5.74, 6) is -0.542. The van der Waals surface area contributed by atoms with E-state index in [9.17, 15) is 0 Å². The Labute approximate surface area is 126 Å². The van der Waals surface area contributed by atoms with Gasteiger partial charge < -0.3 is 18.9 Å². The summed E-state index contributed by atoms with van der Waals surface area (Å²) >= 11 is 0. The third kappa shape index (κ3) is 3.46. The van der Waals surface area contributed by atoms with Gasteiger partial charge in [-0.2, -0.15) is 0 Å². The van der Waals surface area contributed by atoms with Gasteiger partial charge in [0.25, 0.3) is 0 Å². The van der Waals surface area contributed by atoms with Crippen molar-refractivity contribution < 1.29 is 18.9 Å². The van der Waals surface area contributed by atoms with Crippen molar-refractivity contribution in [1.82, 2.24) is 0 Å². The molecule has 0 saturated carbocycles. The summed E-state index contributed by atoms with van der Waals surface area (Å²) in [5.41, 5.74) is 1.18. The smallest absolute Gasteiger partial charge is 0.194 e. The summed E-state index contributed by atoms with van der Waals surface area (Å²) < 4.78 is 23.6. The van der Waals surface area contributed by atoms with Gasteiger partial charge >= 0.3 is 0 Å². The predicted octanol–water partition coefficient (Wildman–Crippen LogP) is 2.90. The topological polar surface area (TPSA) is 36.9 Å². The molecule has 0 N–H and O–H groups in total. The van der Waals surface area contributed by atoms with Gasteiger partial charge in [0, 0.05) is 20.0 Å². The lowest BCUT2D eigenvalue weighted by atomic mass is 9.93. The fourth-order valence-corrected chi connectivity index (χ4v) is 3.15. The summed E-state index contributed by atoms with van der Waals surface area (Å²) in [5, 5.41) is 0. The predicted molar refractivity (Wildman–Crippen MR) is 78.9 cm³/mol. The Morgan fingerprint density at radius 2 is 2.05 bits per heavy atom. The molecule has 0 aromatic heterocycles. The van der Waals surface area contributed by atoms with Gasteiger partial charge in [-0.3, -0.25) is 0 Å². The van der Waals surface area contributed by atoms with Crippen molar-refractivity contribution in [3.05, 3.63) is 35.9 Å². The van der Waals surface area contributed by atoms with Gasteiger partial charge in [-0.05, 0) is 18.4 Å². The third-order valence-electron chi connectivity index (χ3n) is 4.36. The molecule has 0 unspecified atom stereocenters. The fraction of sp³-hybridized carbons (Fsp3) is 0.647. The zero-order chi connectivity index (χ0) is 14.5. The van der Waals surface area contributed by atoms with E-state index in [0.717, 1.165) is 32.3 Å². The molecule has 3 rings (SSSR count). The molecule has 2 aliphatic heterocycles. The minimum Gasteiger partial charge on any atom is -0.376 e. The lowest BCUT2D eigenvalue weighted by Crippen LogP contribution is -2.56. The Kier molecular flexibility index (Phi) is 4.91. The molecule has 4 nitrogen and oxygen atoms in total. The minimum atomic E-state index is -0.542. The lowest BCUT2D eigenvalue weighted by Gasteiger charge is -2.46. The molecule has 0 bridgehead atoms. The Balaban J connectivity index is 1.56. The minimum absolute atomic E-state index is 0.0488. The summed E-state index contributed by atoms with van der Waals surface area (Å²) in [6.07, 6.45) is 3.99. The molecule has 4 heteroatoms. The van der Waals surface area contributed by atoms with E-state index in [-0.39, 0.29) is 12.2 Å². The highest BCUT2D eigenvalue weighted by Crippen LogP contribution is 2.37. The second kappa shape index (κ2) is 6.88. The first-order chi connectivity index (χ1) is 10.3. The lowest BCUT2D eigenvalue weighted by molar-refractivity contribution is -0.334. The first kappa shape index (κ1) is 15.0. The van der Waals surface area contributed by atoms with Gasteiger partial charge in [0.15, 0.2) is 5.79 Å².